The molecular weight excluding hydrogens is 380 g/mol. The number of aryl methyl sites for hydroxylation is 1. The summed E-state index contributed by atoms with van der Waals surface area (Å²) in [6.07, 6.45) is 5.03. The maximum absolute atomic E-state index is 12.6. The van der Waals surface area contributed by atoms with Crippen molar-refractivity contribution in [2.75, 3.05) is 7.05 Å². The Hall–Kier alpha value is -3.15. The van der Waals surface area contributed by atoms with Crippen molar-refractivity contribution in [2.45, 2.75) is 52.0 Å². The molecule has 0 radical (unpaired) electrons. The van der Waals surface area contributed by atoms with E-state index in [0.717, 1.165) is 29.5 Å². The number of carboxylic acids is 1. The summed E-state index contributed by atoms with van der Waals surface area (Å²) in [5.74, 6) is -1.10. The van der Waals surface area contributed by atoms with Crippen molar-refractivity contribution in [1.29, 1.82) is 0 Å². The van der Waals surface area contributed by atoms with Crippen molar-refractivity contribution in [1.82, 2.24) is 4.90 Å². The van der Waals surface area contributed by atoms with Gasteiger partial charge in [-0.25, -0.2) is 4.79 Å². The monoisotopic (exact) mass is 410 g/mol. The highest BCUT2D eigenvalue weighted by atomic mass is 16.4. The second-order valence-electron chi connectivity index (χ2n) is 7.59. The summed E-state index contributed by atoms with van der Waals surface area (Å²) in [6.45, 7) is 3.52. The maximum atomic E-state index is 12.6. The largest absolute Gasteiger partial charge is 0.478 e. The van der Waals surface area contributed by atoms with E-state index in [0.29, 0.717) is 23.6 Å². The van der Waals surface area contributed by atoms with Gasteiger partial charge in [0.2, 0.25) is 5.91 Å². The summed E-state index contributed by atoms with van der Waals surface area (Å²) >= 11 is 0. The normalized spacial score (nSPS) is 13.3. The second kappa shape index (κ2) is 10.6. The summed E-state index contributed by atoms with van der Waals surface area (Å²) in [5.41, 5.74) is 8.31. The summed E-state index contributed by atoms with van der Waals surface area (Å²) in [6, 6.07) is 13.2. The lowest BCUT2D eigenvalue weighted by Crippen LogP contribution is -2.35. The standard InChI is InChI=1S/C21H23NO3.C3H7NO/c1-14-13-17(11-12-19(14)21(24)25)15-7-9-16(10-8-15)20(23)22(2)18-5-3-4-6-18;1-2-3(4)5/h7-13,18H,3-6H2,1-2H3,(H,24,25);2H2,1H3,(H2,4,5). The fourth-order valence-corrected chi connectivity index (χ4v) is 3.55. The number of aromatic carboxylic acids is 1. The van der Waals surface area contributed by atoms with Gasteiger partial charge in [-0.3, -0.25) is 9.59 Å². The Morgan fingerprint density at radius 2 is 1.57 bits per heavy atom. The van der Waals surface area contributed by atoms with Crippen LogP contribution in [0.25, 0.3) is 11.1 Å². The highest BCUT2D eigenvalue weighted by molar-refractivity contribution is 5.95. The average Bonchev–Trinajstić information content (AvgIpc) is 3.27. The van der Waals surface area contributed by atoms with Crippen LogP contribution in [-0.4, -0.2) is 40.9 Å². The van der Waals surface area contributed by atoms with Gasteiger partial charge in [-0.05, 0) is 54.7 Å². The number of hydrogen-bond acceptors (Lipinski definition) is 3. The number of benzene rings is 2. The van der Waals surface area contributed by atoms with E-state index in [1.165, 1.54) is 12.8 Å². The predicted octanol–water partition coefficient (Wildman–Crippen LogP) is 4.26. The van der Waals surface area contributed by atoms with Crippen molar-refractivity contribution >= 4 is 17.8 Å². The molecule has 0 saturated heterocycles. The van der Waals surface area contributed by atoms with Crippen LogP contribution < -0.4 is 5.73 Å². The van der Waals surface area contributed by atoms with Gasteiger partial charge in [0, 0.05) is 25.1 Å². The number of nitrogens with zero attached hydrogens (tertiary/aromatic N) is 1. The van der Waals surface area contributed by atoms with E-state index < -0.39 is 5.97 Å². The van der Waals surface area contributed by atoms with Gasteiger partial charge >= 0.3 is 5.97 Å². The number of amides is 2. The van der Waals surface area contributed by atoms with Crippen LogP contribution in [0.4, 0.5) is 0 Å². The topological polar surface area (TPSA) is 101 Å². The zero-order valence-electron chi connectivity index (χ0n) is 17.9. The first-order chi connectivity index (χ1) is 14.2. The van der Waals surface area contributed by atoms with Gasteiger partial charge in [-0.1, -0.05) is 44.0 Å². The summed E-state index contributed by atoms with van der Waals surface area (Å²) < 4.78 is 0. The molecule has 160 valence electrons. The highest BCUT2D eigenvalue weighted by Gasteiger charge is 2.24. The van der Waals surface area contributed by atoms with Crippen molar-refractivity contribution in [3.05, 3.63) is 59.2 Å². The van der Waals surface area contributed by atoms with Gasteiger partial charge in [0.15, 0.2) is 0 Å². The molecule has 0 unspecified atom stereocenters. The number of hydrogen-bond donors (Lipinski definition) is 2. The summed E-state index contributed by atoms with van der Waals surface area (Å²) in [7, 11) is 1.89. The third-order valence-electron chi connectivity index (χ3n) is 5.46. The van der Waals surface area contributed by atoms with Crippen LogP contribution in [0.5, 0.6) is 0 Å². The molecule has 6 nitrogen and oxygen atoms in total. The number of primary amides is 1. The van der Waals surface area contributed by atoms with Crippen molar-refractivity contribution in [3.63, 3.8) is 0 Å². The van der Waals surface area contributed by atoms with E-state index in [1.807, 2.05) is 42.3 Å². The molecule has 3 rings (SSSR count). The van der Waals surface area contributed by atoms with Crippen LogP contribution in [0.2, 0.25) is 0 Å². The molecule has 0 heterocycles. The van der Waals surface area contributed by atoms with E-state index >= 15 is 0 Å². The van der Waals surface area contributed by atoms with Crippen LogP contribution in [0, 0.1) is 6.92 Å². The SMILES string of the molecule is CCC(N)=O.Cc1cc(-c2ccc(C(=O)N(C)C3CCCC3)cc2)ccc1C(=O)O. The van der Waals surface area contributed by atoms with E-state index in [-0.39, 0.29) is 11.8 Å². The Kier molecular flexibility index (Phi) is 8.16. The van der Waals surface area contributed by atoms with E-state index in [1.54, 1.807) is 26.0 Å². The highest BCUT2D eigenvalue weighted by Crippen LogP contribution is 2.26. The molecule has 0 spiro atoms. The molecule has 3 N–H and O–H groups in total. The Morgan fingerprint density at radius 1 is 1.03 bits per heavy atom. The van der Waals surface area contributed by atoms with Crippen LogP contribution in [-0.2, 0) is 4.79 Å². The maximum Gasteiger partial charge on any atom is 0.335 e. The molecule has 2 aromatic carbocycles. The van der Waals surface area contributed by atoms with Crippen LogP contribution in [0.15, 0.2) is 42.5 Å². The number of nitrogens with two attached hydrogens (primary N) is 1. The minimum atomic E-state index is -0.917. The van der Waals surface area contributed by atoms with Crippen LogP contribution in [0.1, 0.15) is 65.3 Å². The Morgan fingerprint density at radius 3 is 2.03 bits per heavy atom. The van der Waals surface area contributed by atoms with Crippen molar-refractivity contribution in [2.24, 2.45) is 5.73 Å². The molecule has 2 amide bonds. The number of carbonyl (C=O) groups excluding carboxylic acids is 2. The zero-order chi connectivity index (χ0) is 22.3. The van der Waals surface area contributed by atoms with E-state index in [2.05, 4.69) is 5.73 Å². The average molecular weight is 411 g/mol. The van der Waals surface area contributed by atoms with Gasteiger partial charge in [0.25, 0.3) is 5.91 Å². The lowest BCUT2D eigenvalue weighted by molar-refractivity contribution is -0.117. The minimum absolute atomic E-state index is 0.0656. The quantitative estimate of drug-likeness (QED) is 0.769. The Bertz CT molecular complexity index is 900. The smallest absolute Gasteiger partial charge is 0.335 e. The van der Waals surface area contributed by atoms with E-state index in [4.69, 9.17) is 5.11 Å². The van der Waals surface area contributed by atoms with Gasteiger partial charge in [-0.15, -0.1) is 0 Å². The number of carbonyl (C=O) groups is 3. The van der Waals surface area contributed by atoms with Crippen molar-refractivity contribution in [3.8, 4) is 11.1 Å². The van der Waals surface area contributed by atoms with Gasteiger partial charge < -0.3 is 15.7 Å². The van der Waals surface area contributed by atoms with E-state index in [9.17, 15) is 14.4 Å². The lowest BCUT2D eigenvalue weighted by atomic mass is 9.99. The third kappa shape index (κ3) is 5.92. The molecule has 2 aromatic rings. The number of rotatable bonds is 5. The van der Waals surface area contributed by atoms with Crippen LogP contribution >= 0.6 is 0 Å². The van der Waals surface area contributed by atoms with Gasteiger partial charge in [0.05, 0.1) is 5.56 Å². The van der Waals surface area contributed by atoms with Crippen molar-refractivity contribution < 1.29 is 19.5 Å². The van der Waals surface area contributed by atoms with Crippen LogP contribution in [0.3, 0.4) is 0 Å². The molecule has 1 saturated carbocycles. The first-order valence-electron chi connectivity index (χ1n) is 10.2. The molecule has 30 heavy (non-hydrogen) atoms. The number of carboxylic acid groups (broad SMARTS) is 1. The summed E-state index contributed by atoms with van der Waals surface area (Å²) in [4.78, 5) is 35.2. The Balaban J connectivity index is 0.000000575. The lowest BCUT2D eigenvalue weighted by Gasteiger charge is -2.24. The fraction of sp³-hybridized carbons (Fsp3) is 0.375. The van der Waals surface area contributed by atoms with Gasteiger partial charge in [-0.2, -0.15) is 0 Å². The zero-order valence-corrected chi connectivity index (χ0v) is 17.9. The predicted molar refractivity (Wildman–Crippen MR) is 117 cm³/mol. The molecule has 1 fully saturated rings. The van der Waals surface area contributed by atoms with Gasteiger partial charge in [0.1, 0.15) is 0 Å². The summed E-state index contributed by atoms with van der Waals surface area (Å²) in [5, 5.41) is 9.12. The third-order valence-corrected chi connectivity index (χ3v) is 5.46. The first-order valence-corrected chi connectivity index (χ1v) is 10.2. The molecule has 1 aliphatic carbocycles. The Labute approximate surface area is 177 Å². The molecule has 0 atom stereocenters. The fourth-order valence-electron chi connectivity index (χ4n) is 3.55. The first kappa shape index (κ1) is 23.1. The molecular formula is C24H30N2O4. The minimum Gasteiger partial charge on any atom is -0.478 e. The molecule has 0 aliphatic heterocycles. The second-order valence-corrected chi connectivity index (χ2v) is 7.59. The molecule has 6 heteroatoms. The molecule has 1 aliphatic rings. The molecule has 0 bridgehead atoms. The molecule has 0 aromatic heterocycles.